The largest absolute Gasteiger partial charge is 0.387 e. The molecule has 2 aliphatic rings. The number of aromatic amines is 1. The summed E-state index contributed by atoms with van der Waals surface area (Å²) in [5, 5.41) is 21.9. The number of aromatic nitrogens is 4. The third-order valence-electron chi connectivity index (χ3n) is 5.71. The van der Waals surface area contributed by atoms with E-state index in [1.165, 1.54) is 12.8 Å². The van der Waals surface area contributed by atoms with Crippen LogP contribution < -0.4 is 5.32 Å². The van der Waals surface area contributed by atoms with E-state index in [2.05, 4.69) is 30.4 Å². The molecule has 7 nitrogen and oxygen atoms in total. The third-order valence-corrected chi connectivity index (χ3v) is 5.71. The summed E-state index contributed by atoms with van der Waals surface area (Å²) in [5.41, 5.74) is 0.317. The summed E-state index contributed by atoms with van der Waals surface area (Å²) in [6.45, 7) is 3.71. The van der Waals surface area contributed by atoms with Crippen LogP contribution in [-0.4, -0.2) is 68.0 Å². The van der Waals surface area contributed by atoms with Crippen molar-refractivity contribution >= 4 is 0 Å². The van der Waals surface area contributed by atoms with E-state index in [1.54, 1.807) is 12.4 Å². The van der Waals surface area contributed by atoms with Gasteiger partial charge in [-0.3, -0.25) is 15.0 Å². The van der Waals surface area contributed by atoms with Crippen LogP contribution >= 0.6 is 0 Å². The minimum Gasteiger partial charge on any atom is -0.387 e. The van der Waals surface area contributed by atoms with Crippen LogP contribution in [0.2, 0.25) is 0 Å². The topological polar surface area (TPSA) is 90.0 Å². The number of fused-ring (bicyclic) bond motifs is 1. The molecule has 4 heterocycles. The predicted molar refractivity (Wildman–Crippen MR) is 99.6 cm³/mol. The molecule has 2 fully saturated rings. The Balaban J connectivity index is 1.28. The lowest BCUT2D eigenvalue weighted by Gasteiger charge is -2.49. The van der Waals surface area contributed by atoms with Gasteiger partial charge in [-0.1, -0.05) is 6.42 Å². The van der Waals surface area contributed by atoms with Crippen LogP contribution in [0, 0.1) is 0 Å². The van der Waals surface area contributed by atoms with E-state index >= 15 is 0 Å². The number of nitrogens with one attached hydrogen (secondary N) is 2. The summed E-state index contributed by atoms with van der Waals surface area (Å²) >= 11 is 0. The quantitative estimate of drug-likeness (QED) is 0.678. The first-order chi connectivity index (χ1) is 12.7. The molecule has 3 N–H and O–H groups in total. The van der Waals surface area contributed by atoms with Crippen LogP contribution in [0.4, 0.5) is 0 Å². The highest BCUT2D eigenvalue weighted by atomic mass is 16.3. The van der Waals surface area contributed by atoms with Crippen LogP contribution in [0.25, 0.3) is 11.4 Å². The minimum atomic E-state index is -0.596. The standard InChI is InChI=1S/C19H28N6O/c26-19(8-4-12-25-11-2-1-6-16(19)25)14-21-10-7-17-22-18(24-23-17)15-5-3-9-20-13-15/h3,5,9,13,16,21,26H,1-2,4,6-8,10-12,14H2,(H,22,23,24)/t16-,19-/m1/s1. The van der Waals surface area contributed by atoms with E-state index < -0.39 is 5.60 Å². The number of hydrogen-bond donors (Lipinski definition) is 3. The summed E-state index contributed by atoms with van der Waals surface area (Å²) in [5.74, 6) is 1.53. The average molecular weight is 356 g/mol. The molecule has 2 saturated heterocycles. The second-order valence-corrected chi connectivity index (χ2v) is 7.53. The van der Waals surface area contributed by atoms with Gasteiger partial charge in [0.1, 0.15) is 5.82 Å². The Kier molecular flexibility index (Phi) is 5.28. The molecule has 0 aliphatic carbocycles. The first kappa shape index (κ1) is 17.6. The van der Waals surface area contributed by atoms with Crippen LogP contribution in [0.1, 0.15) is 37.9 Å². The van der Waals surface area contributed by atoms with E-state index in [4.69, 9.17) is 0 Å². The number of H-pyrrole nitrogens is 1. The molecule has 0 saturated carbocycles. The Morgan fingerprint density at radius 1 is 1.31 bits per heavy atom. The summed E-state index contributed by atoms with van der Waals surface area (Å²) in [6.07, 6.45) is 9.87. The summed E-state index contributed by atoms with van der Waals surface area (Å²) < 4.78 is 0. The maximum atomic E-state index is 11.2. The van der Waals surface area contributed by atoms with Gasteiger partial charge in [-0.05, 0) is 50.9 Å². The van der Waals surface area contributed by atoms with Crippen molar-refractivity contribution in [2.45, 2.75) is 50.2 Å². The number of hydrogen-bond acceptors (Lipinski definition) is 6. The van der Waals surface area contributed by atoms with E-state index in [1.807, 2.05) is 12.1 Å². The third kappa shape index (κ3) is 3.79. The van der Waals surface area contributed by atoms with Crippen molar-refractivity contribution in [3.63, 3.8) is 0 Å². The first-order valence-electron chi connectivity index (χ1n) is 9.73. The Hall–Kier alpha value is -1.83. The molecule has 0 radical (unpaired) electrons. The lowest BCUT2D eigenvalue weighted by molar-refractivity contribution is -0.0916. The fraction of sp³-hybridized carbons (Fsp3) is 0.632. The van der Waals surface area contributed by atoms with Crippen LogP contribution in [0.3, 0.4) is 0 Å². The Labute approximate surface area is 154 Å². The maximum absolute atomic E-state index is 11.2. The summed E-state index contributed by atoms with van der Waals surface area (Å²) in [4.78, 5) is 11.1. The zero-order chi connectivity index (χ0) is 17.8. The molecule has 140 valence electrons. The Morgan fingerprint density at radius 3 is 3.12 bits per heavy atom. The lowest BCUT2D eigenvalue weighted by atomic mass is 9.79. The van der Waals surface area contributed by atoms with E-state index in [0.29, 0.717) is 18.4 Å². The van der Waals surface area contributed by atoms with Crippen molar-refractivity contribution in [1.82, 2.24) is 30.4 Å². The average Bonchev–Trinajstić information content (AvgIpc) is 3.16. The smallest absolute Gasteiger partial charge is 0.182 e. The fourth-order valence-electron chi connectivity index (χ4n) is 4.37. The molecule has 0 amide bonds. The van der Waals surface area contributed by atoms with E-state index in [-0.39, 0.29) is 0 Å². The van der Waals surface area contributed by atoms with Crippen molar-refractivity contribution in [2.75, 3.05) is 26.2 Å². The van der Waals surface area contributed by atoms with Gasteiger partial charge < -0.3 is 10.4 Å². The van der Waals surface area contributed by atoms with Gasteiger partial charge in [-0.15, -0.1) is 0 Å². The van der Waals surface area contributed by atoms with Gasteiger partial charge in [0.25, 0.3) is 0 Å². The molecule has 7 heteroatoms. The van der Waals surface area contributed by atoms with Gasteiger partial charge in [-0.25, -0.2) is 4.98 Å². The Morgan fingerprint density at radius 2 is 2.23 bits per heavy atom. The molecular weight excluding hydrogens is 328 g/mol. The SMILES string of the molecule is O[C@@]1(CNCCc2nc(-c3cccnc3)n[nH]2)CCCN2CCCC[C@@H]21. The predicted octanol–water partition coefficient (Wildman–Crippen LogP) is 1.38. The zero-order valence-electron chi connectivity index (χ0n) is 15.2. The molecule has 0 unspecified atom stereocenters. The van der Waals surface area contributed by atoms with Gasteiger partial charge in [0.2, 0.25) is 0 Å². The van der Waals surface area contributed by atoms with Crippen molar-refractivity contribution < 1.29 is 5.11 Å². The molecule has 2 aliphatic heterocycles. The minimum absolute atomic E-state index is 0.319. The Bertz CT molecular complexity index is 703. The fourth-order valence-corrected chi connectivity index (χ4v) is 4.37. The molecule has 0 spiro atoms. The second-order valence-electron chi connectivity index (χ2n) is 7.53. The highest BCUT2D eigenvalue weighted by Gasteiger charge is 2.43. The van der Waals surface area contributed by atoms with Crippen LogP contribution in [-0.2, 0) is 6.42 Å². The number of rotatable bonds is 6. The van der Waals surface area contributed by atoms with Gasteiger partial charge >= 0.3 is 0 Å². The first-order valence-corrected chi connectivity index (χ1v) is 9.73. The van der Waals surface area contributed by atoms with Gasteiger partial charge in [0.05, 0.1) is 5.60 Å². The number of pyridine rings is 1. The summed E-state index contributed by atoms with van der Waals surface area (Å²) in [7, 11) is 0. The normalized spacial score (nSPS) is 26.6. The van der Waals surface area contributed by atoms with Gasteiger partial charge in [0.15, 0.2) is 5.82 Å². The van der Waals surface area contributed by atoms with Crippen LogP contribution in [0.5, 0.6) is 0 Å². The van der Waals surface area contributed by atoms with E-state index in [0.717, 1.165) is 56.7 Å². The lowest BCUT2D eigenvalue weighted by Crippen LogP contribution is -2.62. The van der Waals surface area contributed by atoms with Gasteiger partial charge in [0, 0.05) is 43.5 Å². The number of piperidine rings is 2. The van der Waals surface area contributed by atoms with Crippen molar-refractivity contribution in [1.29, 1.82) is 0 Å². The van der Waals surface area contributed by atoms with E-state index in [9.17, 15) is 5.11 Å². The second kappa shape index (κ2) is 7.82. The molecular formula is C19H28N6O. The highest BCUT2D eigenvalue weighted by molar-refractivity contribution is 5.52. The molecule has 2 aromatic heterocycles. The van der Waals surface area contributed by atoms with Crippen molar-refractivity contribution in [2.24, 2.45) is 0 Å². The zero-order valence-corrected chi connectivity index (χ0v) is 15.2. The molecule has 0 aromatic carbocycles. The monoisotopic (exact) mass is 356 g/mol. The summed E-state index contributed by atoms with van der Waals surface area (Å²) in [6, 6.07) is 4.15. The molecule has 4 rings (SSSR count). The van der Waals surface area contributed by atoms with Gasteiger partial charge in [-0.2, -0.15) is 5.10 Å². The molecule has 0 bridgehead atoms. The highest BCUT2D eigenvalue weighted by Crippen LogP contribution is 2.33. The molecule has 2 atom stereocenters. The van der Waals surface area contributed by atoms with Crippen molar-refractivity contribution in [3.8, 4) is 11.4 Å². The molecule has 26 heavy (non-hydrogen) atoms. The maximum Gasteiger partial charge on any atom is 0.182 e. The number of aliphatic hydroxyl groups is 1. The molecule has 2 aromatic rings. The van der Waals surface area contributed by atoms with Crippen molar-refractivity contribution in [3.05, 3.63) is 30.4 Å². The number of nitrogens with zero attached hydrogens (tertiary/aromatic N) is 4. The van der Waals surface area contributed by atoms with Crippen LogP contribution in [0.15, 0.2) is 24.5 Å².